The Balaban J connectivity index is 2.26. The lowest BCUT2D eigenvalue weighted by atomic mass is 9.86. The summed E-state index contributed by atoms with van der Waals surface area (Å²) in [4.78, 5) is 5.59. The average molecular weight is 486 g/mol. The molecule has 0 spiro atoms. The van der Waals surface area contributed by atoms with Crippen LogP contribution in [0.4, 0.5) is 23.2 Å². The van der Waals surface area contributed by atoms with Gasteiger partial charge in [-0.15, -0.1) is 0 Å². The number of nitrogens with zero attached hydrogens (tertiary/aromatic N) is 2. The van der Waals surface area contributed by atoms with Crippen LogP contribution < -0.4 is 10.1 Å². The van der Waals surface area contributed by atoms with Gasteiger partial charge in [0.2, 0.25) is 0 Å². The average Bonchev–Trinajstić information content (AvgIpc) is 2.72. The first-order valence-electron chi connectivity index (χ1n) is 9.97. The highest BCUT2D eigenvalue weighted by atomic mass is 35.5. The summed E-state index contributed by atoms with van der Waals surface area (Å²) < 4.78 is 62.7. The van der Waals surface area contributed by atoms with Crippen molar-refractivity contribution < 1.29 is 27.4 Å². The lowest BCUT2D eigenvalue weighted by Gasteiger charge is -2.40. The highest BCUT2D eigenvalue weighted by molar-refractivity contribution is 6.31. The normalized spacial score (nSPS) is 14.9. The zero-order chi connectivity index (χ0) is 24.6. The standard InChI is InChI=1S/C23H24ClF4N3O2/c1-13-8-9-14-16(29-13)6-5-7-17(14)30-21(22(32,12-31(2)3)23(26,27)28)15-10-11-18(33-4)20(25)19(15)24/h5-11,21,30,32H,12H2,1-4H3/t21-,22+/m0/s1. The van der Waals surface area contributed by atoms with E-state index in [1.165, 1.54) is 38.2 Å². The maximum atomic E-state index is 14.7. The number of aryl methyl sites for hydroxylation is 1. The number of aromatic nitrogens is 1. The molecule has 0 saturated carbocycles. The van der Waals surface area contributed by atoms with Gasteiger partial charge in [0.1, 0.15) is 0 Å². The van der Waals surface area contributed by atoms with E-state index in [1.54, 1.807) is 37.3 Å². The largest absolute Gasteiger partial charge is 0.494 e. The van der Waals surface area contributed by atoms with E-state index >= 15 is 0 Å². The molecule has 5 nitrogen and oxygen atoms in total. The number of benzene rings is 2. The maximum absolute atomic E-state index is 14.7. The Hall–Kier alpha value is -2.62. The molecule has 2 N–H and O–H groups in total. The van der Waals surface area contributed by atoms with Crippen LogP contribution in [0.15, 0.2) is 42.5 Å². The molecule has 0 fully saturated rings. The number of aliphatic hydroxyl groups is 1. The highest BCUT2D eigenvalue weighted by Gasteiger charge is 2.60. The second-order valence-electron chi connectivity index (χ2n) is 8.05. The molecule has 0 aliphatic rings. The van der Waals surface area contributed by atoms with Crippen LogP contribution in [-0.4, -0.2) is 54.5 Å². The SMILES string of the molecule is COc1ccc([C@H](Nc2cccc3nc(C)ccc23)[C@](O)(CN(C)C)C(F)(F)F)c(Cl)c1F. The molecule has 0 aliphatic carbocycles. The molecule has 3 rings (SSSR count). The van der Waals surface area contributed by atoms with Crippen LogP contribution in [0.1, 0.15) is 17.3 Å². The van der Waals surface area contributed by atoms with Gasteiger partial charge in [-0.05, 0) is 56.9 Å². The first kappa shape index (κ1) is 25.0. The molecule has 0 unspecified atom stereocenters. The molecule has 1 heterocycles. The summed E-state index contributed by atoms with van der Waals surface area (Å²) in [6.45, 7) is 0.988. The van der Waals surface area contributed by atoms with Crippen LogP contribution in [0.5, 0.6) is 5.75 Å². The number of likely N-dealkylation sites (N-methyl/N-ethyl adjacent to an activating group) is 1. The number of halogens is 5. The molecule has 0 amide bonds. The van der Waals surface area contributed by atoms with Crippen LogP contribution in [-0.2, 0) is 0 Å². The van der Waals surface area contributed by atoms with E-state index in [1.807, 2.05) is 0 Å². The van der Waals surface area contributed by atoms with E-state index in [9.17, 15) is 22.7 Å². The van der Waals surface area contributed by atoms with Crippen molar-refractivity contribution in [3.63, 3.8) is 0 Å². The molecule has 0 radical (unpaired) electrons. The summed E-state index contributed by atoms with van der Waals surface area (Å²) in [6, 6.07) is 8.87. The zero-order valence-corrected chi connectivity index (χ0v) is 19.2. The summed E-state index contributed by atoms with van der Waals surface area (Å²) in [5, 5.41) is 13.8. The van der Waals surface area contributed by atoms with Crippen molar-refractivity contribution in [2.24, 2.45) is 0 Å². The molecule has 0 saturated heterocycles. The molecule has 10 heteroatoms. The Morgan fingerprint density at radius 2 is 1.85 bits per heavy atom. The fraction of sp³-hybridized carbons (Fsp3) is 0.348. The number of fused-ring (bicyclic) bond motifs is 1. The van der Waals surface area contributed by atoms with Crippen molar-refractivity contribution in [3.05, 3.63) is 64.6 Å². The van der Waals surface area contributed by atoms with Gasteiger partial charge in [-0.1, -0.05) is 23.7 Å². The van der Waals surface area contributed by atoms with Crippen molar-refractivity contribution in [2.45, 2.75) is 24.7 Å². The summed E-state index contributed by atoms with van der Waals surface area (Å²) in [5.74, 6) is -1.25. The fourth-order valence-corrected chi connectivity index (χ4v) is 4.01. The molecular weight excluding hydrogens is 462 g/mol. The van der Waals surface area contributed by atoms with Gasteiger partial charge in [-0.25, -0.2) is 4.39 Å². The lowest BCUT2D eigenvalue weighted by molar-refractivity contribution is -0.270. The van der Waals surface area contributed by atoms with Gasteiger partial charge < -0.3 is 20.1 Å². The molecule has 3 aromatic rings. The highest BCUT2D eigenvalue weighted by Crippen LogP contribution is 2.46. The zero-order valence-electron chi connectivity index (χ0n) is 18.5. The summed E-state index contributed by atoms with van der Waals surface area (Å²) in [7, 11) is 4.01. The molecule has 2 atom stereocenters. The van der Waals surface area contributed by atoms with Gasteiger partial charge in [0, 0.05) is 23.3 Å². The van der Waals surface area contributed by atoms with Crippen molar-refractivity contribution in [2.75, 3.05) is 33.1 Å². The molecule has 0 aliphatic heterocycles. The Morgan fingerprint density at radius 1 is 1.15 bits per heavy atom. The monoisotopic (exact) mass is 485 g/mol. The fourth-order valence-electron chi connectivity index (χ4n) is 3.75. The molecule has 0 bridgehead atoms. The molecule has 178 valence electrons. The van der Waals surface area contributed by atoms with E-state index < -0.39 is 35.2 Å². The number of hydrogen-bond acceptors (Lipinski definition) is 5. The first-order chi connectivity index (χ1) is 15.4. The van der Waals surface area contributed by atoms with Gasteiger partial charge >= 0.3 is 6.18 Å². The minimum atomic E-state index is -5.09. The number of alkyl halides is 3. The Labute approximate surface area is 193 Å². The number of pyridine rings is 1. The van der Waals surface area contributed by atoms with Crippen molar-refractivity contribution in [1.29, 1.82) is 0 Å². The van der Waals surface area contributed by atoms with Crippen LogP contribution >= 0.6 is 11.6 Å². The summed E-state index contributed by atoms with van der Waals surface area (Å²) in [6.07, 6.45) is -5.09. The van der Waals surface area contributed by atoms with Crippen LogP contribution in [0.2, 0.25) is 5.02 Å². The summed E-state index contributed by atoms with van der Waals surface area (Å²) in [5.41, 5.74) is -2.04. The third kappa shape index (κ3) is 4.85. The van der Waals surface area contributed by atoms with E-state index in [-0.39, 0.29) is 17.0 Å². The molecular formula is C23H24ClF4N3O2. The Kier molecular flexibility index (Phi) is 7.07. The van der Waals surface area contributed by atoms with E-state index in [2.05, 4.69) is 10.3 Å². The number of hydrogen-bond donors (Lipinski definition) is 2. The van der Waals surface area contributed by atoms with Gasteiger partial charge in [0.05, 0.1) is 23.7 Å². The first-order valence-corrected chi connectivity index (χ1v) is 10.4. The molecule has 1 aromatic heterocycles. The second-order valence-corrected chi connectivity index (χ2v) is 8.43. The molecule has 2 aromatic carbocycles. The van der Waals surface area contributed by atoms with Gasteiger partial charge in [-0.2, -0.15) is 13.2 Å². The third-order valence-corrected chi connectivity index (χ3v) is 5.69. The maximum Gasteiger partial charge on any atom is 0.420 e. The van der Waals surface area contributed by atoms with E-state index in [0.29, 0.717) is 10.9 Å². The lowest BCUT2D eigenvalue weighted by Crippen LogP contribution is -2.58. The Morgan fingerprint density at radius 3 is 2.45 bits per heavy atom. The van der Waals surface area contributed by atoms with Gasteiger partial charge in [-0.3, -0.25) is 4.98 Å². The number of methoxy groups -OCH3 is 1. The number of nitrogens with one attached hydrogen (secondary N) is 1. The van der Waals surface area contributed by atoms with Crippen molar-refractivity contribution in [1.82, 2.24) is 9.88 Å². The minimum absolute atomic E-state index is 0.226. The number of ether oxygens (including phenoxy) is 1. The topological polar surface area (TPSA) is 57.6 Å². The van der Waals surface area contributed by atoms with E-state index in [4.69, 9.17) is 16.3 Å². The number of rotatable bonds is 7. The van der Waals surface area contributed by atoms with E-state index in [0.717, 1.165) is 5.69 Å². The quantitative estimate of drug-likeness (QED) is 0.442. The molecule has 33 heavy (non-hydrogen) atoms. The van der Waals surface area contributed by atoms with Crippen molar-refractivity contribution in [3.8, 4) is 5.75 Å². The predicted molar refractivity (Wildman–Crippen MR) is 120 cm³/mol. The van der Waals surface area contributed by atoms with Gasteiger partial charge in [0.15, 0.2) is 17.2 Å². The van der Waals surface area contributed by atoms with Crippen LogP contribution in [0.3, 0.4) is 0 Å². The smallest absolute Gasteiger partial charge is 0.420 e. The Bertz CT molecular complexity index is 1160. The number of anilines is 1. The van der Waals surface area contributed by atoms with Gasteiger partial charge in [0.25, 0.3) is 0 Å². The van der Waals surface area contributed by atoms with Crippen LogP contribution in [0, 0.1) is 12.7 Å². The van der Waals surface area contributed by atoms with Crippen LogP contribution in [0.25, 0.3) is 10.9 Å². The van der Waals surface area contributed by atoms with Crippen molar-refractivity contribution >= 4 is 28.2 Å². The third-order valence-electron chi connectivity index (χ3n) is 5.30. The second kappa shape index (κ2) is 9.32. The predicted octanol–water partition coefficient (Wildman–Crippen LogP) is 5.35. The summed E-state index contributed by atoms with van der Waals surface area (Å²) >= 11 is 6.17. The minimum Gasteiger partial charge on any atom is -0.494 e.